The third-order valence-corrected chi connectivity index (χ3v) is 5.50. The number of amides is 2. The number of nitrogens with one attached hydrogen (secondary N) is 2. The fraction of sp³-hybridized carbons (Fsp3) is 0.238. The highest BCUT2D eigenvalue weighted by atomic mass is 32.1. The van der Waals surface area contributed by atoms with Crippen LogP contribution < -0.4 is 10.6 Å². The van der Waals surface area contributed by atoms with Crippen LogP contribution in [-0.2, 0) is 4.79 Å². The summed E-state index contributed by atoms with van der Waals surface area (Å²) in [6.45, 7) is 6.03. The first-order valence-corrected chi connectivity index (χ1v) is 9.84. The fourth-order valence-corrected chi connectivity index (χ4v) is 3.35. The molecule has 2 amide bonds. The lowest BCUT2D eigenvalue weighted by Gasteiger charge is -2.12. The maximum Gasteiger partial charge on any atom is 0.274 e. The summed E-state index contributed by atoms with van der Waals surface area (Å²) in [4.78, 5) is 34.1. The molecule has 1 unspecified atom stereocenters. The number of anilines is 2. The molecule has 0 aliphatic rings. The first-order chi connectivity index (χ1) is 13.4. The number of pyridine rings is 1. The van der Waals surface area contributed by atoms with E-state index >= 15 is 0 Å². The summed E-state index contributed by atoms with van der Waals surface area (Å²) in [5.74, 6) is -0.347. The monoisotopic (exact) mass is 394 g/mol. The van der Waals surface area contributed by atoms with Gasteiger partial charge in [0.1, 0.15) is 5.69 Å². The lowest BCUT2D eigenvalue weighted by atomic mass is 10.00. The van der Waals surface area contributed by atoms with Crippen molar-refractivity contribution in [2.45, 2.75) is 32.6 Å². The standard InChI is InChI=1S/C21H22N4O2S/c1-13(2)18-12-23-21(28-18)25-19(26)14(3)15-7-9-16(10-8-15)24-20(27)17-6-4-5-11-22-17/h4-14H,1-3H3,(H,24,27)(H,23,25,26). The molecule has 28 heavy (non-hydrogen) atoms. The Labute approximate surface area is 168 Å². The van der Waals surface area contributed by atoms with Crippen molar-refractivity contribution in [2.24, 2.45) is 0 Å². The summed E-state index contributed by atoms with van der Waals surface area (Å²) in [5.41, 5.74) is 1.85. The Balaban J connectivity index is 1.61. The summed E-state index contributed by atoms with van der Waals surface area (Å²) in [6.07, 6.45) is 3.37. The van der Waals surface area contributed by atoms with E-state index in [0.29, 0.717) is 22.4 Å². The highest BCUT2D eigenvalue weighted by Crippen LogP contribution is 2.26. The van der Waals surface area contributed by atoms with Crippen molar-refractivity contribution in [3.8, 4) is 0 Å². The van der Waals surface area contributed by atoms with E-state index in [4.69, 9.17) is 0 Å². The molecule has 0 radical (unpaired) electrons. The molecular formula is C21H22N4O2S. The number of aromatic nitrogens is 2. The first kappa shape index (κ1) is 19.7. The number of rotatable bonds is 6. The van der Waals surface area contributed by atoms with Crippen LogP contribution in [0.3, 0.4) is 0 Å². The Morgan fingerprint density at radius 1 is 0.964 bits per heavy atom. The molecular weight excluding hydrogens is 372 g/mol. The lowest BCUT2D eigenvalue weighted by molar-refractivity contribution is -0.117. The lowest BCUT2D eigenvalue weighted by Crippen LogP contribution is -2.19. The van der Waals surface area contributed by atoms with Gasteiger partial charge >= 0.3 is 0 Å². The van der Waals surface area contributed by atoms with Crippen LogP contribution in [0.2, 0.25) is 0 Å². The molecule has 144 valence electrons. The van der Waals surface area contributed by atoms with Crippen molar-refractivity contribution in [2.75, 3.05) is 10.6 Å². The van der Waals surface area contributed by atoms with Crippen LogP contribution in [0.4, 0.5) is 10.8 Å². The molecule has 0 bridgehead atoms. The second-order valence-corrected chi connectivity index (χ2v) is 7.79. The predicted molar refractivity (Wildman–Crippen MR) is 112 cm³/mol. The summed E-state index contributed by atoms with van der Waals surface area (Å²) in [7, 11) is 0. The molecule has 7 heteroatoms. The second kappa shape index (κ2) is 8.75. The number of nitrogens with zero attached hydrogens (tertiary/aromatic N) is 2. The minimum atomic E-state index is -0.341. The Morgan fingerprint density at radius 3 is 2.32 bits per heavy atom. The van der Waals surface area contributed by atoms with Gasteiger partial charge in [-0.05, 0) is 42.7 Å². The molecule has 3 rings (SSSR count). The van der Waals surface area contributed by atoms with E-state index < -0.39 is 0 Å². The SMILES string of the molecule is CC(C)c1cnc(NC(=O)C(C)c2ccc(NC(=O)c3ccccn3)cc2)s1. The number of hydrogen-bond acceptors (Lipinski definition) is 5. The molecule has 2 N–H and O–H groups in total. The van der Waals surface area contributed by atoms with Gasteiger partial charge in [0.15, 0.2) is 5.13 Å². The van der Waals surface area contributed by atoms with Crippen molar-refractivity contribution in [3.05, 3.63) is 71.0 Å². The average molecular weight is 395 g/mol. The average Bonchev–Trinajstić information content (AvgIpc) is 3.17. The molecule has 1 aromatic carbocycles. The molecule has 2 heterocycles. The Morgan fingerprint density at radius 2 is 1.71 bits per heavy atom. The fourth-order valence-electron chi connectivity index (χ4n) is 2.52. The molecule has 1 atom stereocenters. The number of thiazole rings is 1. The summed E-state index contributed by atoms with van der Waals surface area (Å²) >= 11 is 1.49. The first-order valence-electron chi connectivity index (χ1n) is 9.03. The van der Waals surface area contributed by atoms with Gasteiger partial charge in [-0.1, -0.05) is 32.0 Å². The van der Waals surface area contributed by atoms with Gasteiger partial charge in [-0.2, -0.15) is 0 Å². The third kappa shape index (κ3) is 4.80. The molecule has 0 aliphatic heterocycles. The van der Waals surface area contributed by atoms with Crippen molar-refractivity contribution in [1.29, 1.82) is 0 Å². The second-order valence-electron chi connectivity index (χ2n) is 6.72. The van der Waals surface area contributed by atoms with E-state index in [-0.39, 0.29) is 17.7 Å². The Kier molecular flexibility index (Phi) is 6.16. The number of hydrogen-bond donors (Lipinski definition) is 2. The number of benzene rings is 1. The molecule has 0 spiro atoms. The Hall–Kier alpha value is -3.06. The van der Waals surface area contributed by atoms with Crippen molar-refractivity contribution >= 4 is 34.0 Å². The van der Waals surface area contributed by atoms with Gasteiger partial charge in [-0.3, -0.25) is 14.6 Å². The van der Waals surface area contributed by atoms with Gasteiger partial charge in [0.2, 0.25) is 5.91 Å². The summed E-state index contributed by atoms with van der Waals surface area (Å²) < 4.78 is 0. The molecule has 3 aromatic rings. The minimum absolute atomic E-state index is 0.116. The van der Waals surface area contributed by atoms with Crippen molar-refractivity contribution < 1.29 is 9.59 Å². The van der Waals surface area contributed by atoms with Crippen LogP contribution in [0.25, 0.3) is 0 Å². The minimum Gasteiger partial charge on any atom is -0.321 e. The van der Waals surface area contributed by atoms with Gasteiger partial charge in [0.05, 0.1) is 5.92 Å². The highest BCUT2D eigenvalue weighted by Gasteiger charge is 2.17. The van der Waals surface area contributed by atoms with Crippen LogP contribution in [0.1, 0.15) is 53.5 Å². The van der Waals surface area contributed by atoms with Gasteiger partial charge in [0, 0.05) is 23.0 Å². The van der Waals surface area contributed by atoms with E-state index in [2.05, 4.69) is 34.4 Å². The maximum atomic E-state index is 12.5. The zero-order chi connectivity index (χ0) is 20.1. The normalized spacial score (nSPS) is 11.9. The highest BCUT2D eigenvalue weighted by molar-refractivity contribution is 7.15. The van der Waals surface area contributed by atoms with Crippen molar-refractivity contribution in [3.63, 3.8) is 0 Å². The van der Waals surface area contributed by atoms with Crippen LogP contribution >= 0.6 is 11.3 Å². The quantitative estimate of drug-likeness (QED) is 0.637. The summed E-state index contributed by atoms with van der Waals surface area (Å²) in [6, 6.07) is 12.4. The third-order valence-electron chi connectivity index (χ3n) is 4.28. The summed E-state index contributed by atoms with van der Waals surface area (Å²) in [5, 5.41) is 6.28. The van der Waals surface area contributed by atoms with Crippen LogP contribution in [0.5, 0.6) is 0 Å². The van der Waals surface area contributed by atoms with Gasteiger partial charge < -0.3 is 10.6 Å². The Bertz CT molecular complexity index is 952. The van der Waals surface area contributed by atoms with E-state index in [1.165, 1.54) is 11.3 Å². The van der Waals surface area contributed by atoms with Crippen molar-refractivity contribution in [1.82, 2.24) is 9.97 Å². The molecule has 0 aliphatic carbocycles. The van der Waals surface area contributed by atoms with Gasteiger partial charge in [0.25, 0.3) is 5.91 Å². The number of carbonyl (C=O) groups is 2. The molecule has 0 saturated heterocycles. The van der Waals surface area contributed by atoms with E-state index in [1.807, 2.05) is 19.1 Å². The number of carbonyl (C=O) groups excluding carboxylic acids is 2. The molecule has 0 saturated carbocycles. The largest absolute Gasteiger partial charge is 0.321 e. The zero-order valence-electron chi connectivity index (χ0n) is 16.0. The van der Waals surface area contributed by atoms with E-state index in [1.54, 1.807) is 42.7 Å². The topological polar surface area (TPSA) is 84.0 Å². The molecule has 2 aromatic heterocycles. The smallest absolute Gasteiger partial charge is 0.274 e. The van der Waals surface area contributed by atoms with Gasteiger partial charge in [-0.15, -0.1) is 11.3 Å². The van der Waals surface area contributed by atoms with Crippen LogP contribution in [-0.4, -0.2) is 21.8 Å². The maximum absolute atomic E-state index is 12.5. The molecule has 6 nitrogen and oxygen atoms in total. The van der Waals surface area contributed by atoms with Crippen LogP contribution in [0.15, 0.2) is 54.9 Å². The van der Waals surface area contributed by atoms with Crippen LogP contribution in [0, 0.1) is 0 Å². The van der Waals surface area contributed by atoms with E-state index in [9.17, 15) is 9.59 Å². The van der Waals surface area contributed by atoms with E-state index in [0.717, 1.165) is 10.4 Å². The predicted octanol–water partition coefficient (Wildman–Crippen LogP) is 4.66. The molecule has 0 fully saturated rings. The van der Waals surface area contributed by atoms with Gasteiger partial charge in [-0.25, -0.2) is 4.98 Å². The zero-order valence-corrected chi connectivity index (χ0v) is 16.8.